The lowest BCUT2D eigenvalue weighted by Gasteiger charge is -2.04. The van der Waals surface area contributed by atoms with E-state index in [2.05, 4.69) is 15.3 Å². The SMILES string of the molecule is CCSc1nnc(C(F)F)n1N=Cc1ccc(COc2ccc(F)c(Cl)c2)o1. The van der Waals surface area contributed by atoms with E-state index >= 15 is 0 Å². The summed E-state index contributed by atoms with van der Waals surface area (Å²) in [7, 11) is 0. The van der Waals surface area contributed by atoms with Crippen LogP contribution in [0.3, 0.4) is 0 Å². The number of aromatic nitrogens is 3. The van der Waals surface area contributed by atoms with Gasteiger partial charge in [-0.1, -0.05) is 30.3 Å². The largest absolute Gasteiger partial charge is 0.486 e. The lowest BCUT2D eigenvalue weighted by atomic mass is 10.3. The molecule has 28 heavy (non-hydrogen) atoms. The summed E-state index contributed by atoms with van der Waals surface area (Å²) < 4.78 is 51.2. The van der Waals surface area contributed by atoms with Crippen LogP contribution in [0.1, 0.15) is 30.7 Å². The number of ether oxygens (including phenoxy) is 1. The first-order valence-electron chi connectivity index (χ1n) is 8.05. The monoisotopic (exact) mass is 430 g/mol. The first-order valence-corrected chi connectivity index (χ1v) is 9.41. The normalized spacial score (nSPS) is 11.6. The third kappa shape index (κ3) is 4.87. The molecule has 3 aromatic rings. The van der Waals surface area contributed by atoms with E-state index in [0.29, 0.717) is 23.0 Å². The fourth-order valence-electron chi connectivity index (χ4n) is 2.12. The van der Waals surface area contributed by atoms with Gasteiger partial charge in [-0.15, -0.1) is 10.2 Å². The quantitative estimate of drug-likeness (QED) is 0.364. The zero-order valence-electron chi connectivity index (χ0n) is 14.5. The molecule has 6 nitrogen and oxygen atoms in total. The second-order valence-electron chi connectivity index (χ2n) is 5.30. The highest BCUT2D eigenvalue weighted by atomic mass is 35.5. The van der Waals surface area contributed by atoms with Gasteiger partial charge in [-0.2, -0.15) is 9.78 Å². The van der Waals surface area contributed by atoms with Crippen molar-refractivity contribution >= 4 is 29.6 Å². The van der Waals surface area contributed by atoms with Crippen LogP contribution in [-0.4, -0.2) is 26.8 Å². The molecular formula is C17H14ClF3N4O2S. The average Bonchev–Trinajstić information content (AvgIpc) is 3.28. The Labute approximate surface area is 167 Å². The van der Waals surface area contributed by atoms with Crippen LogP contribution in [0.15, 0.2) is 45.0 Å². The van der Waals surface area contributed by atoms with Gasteiger partial charge in [0.05, 0.1) is 11.2 Å². The van der Waals surface area contributed by atoms with Crippen molar-refractivity contribution in [3.63, 3.8) is 0 Å². The molecule has 11 heteroatoms. The summed E-state index contributed by atoms with van der Waals surface area (Å²) in [5.41, 5.74) is 0. The molecule has 0 aliphatic carbocycles. The topological polar surface area (TPSA) is 65.4 Å². The number of hydrogen-bond acceptors (Lipinski definition) is 6. The summed E-state index contributed by atoms with van der Waals surface area (Å²) in [5, 5.41) is 11.4. The maximum Gasteiger partial charge on any atom is 0.299 e. The van der Waals surface area contributed by atoms with Crippen LogP contribution in [-0.2, 0) is 6.61 Å². The Kier molecular flexibility index (Phi) is 6.63. The van der Waals surface area contributed by atoms with Crippen LogP contribution in [0, 0.1) is 5.82 Å². The molecule has 0 N–H and O–H groups in total. The Bertz CT molecular complexity index is 977. The molecule has 0 amide bonds. The van der Waals surface area contributed by atoms with E-state index in [0.717, 1.165) is 4.68 Å². The number of rotatable bonds is 8. The first-order chi connectivity index (χ1) is 13.5. The van der Waals surface area contributed by atoms with Gasteiger partial charge in [0.2, 0.25) is 11.0 Å². The summed E-state index contributed by atoms with van der Waals surface area (Å²) in [5.74, 6) is 0.719. The number of halogens is 4. The van der Waals surface area contributed by atoms with Gasteiger partial charge < -0.3 is 9.15 Å². The highest BCUT2D eigenvalue weighted by molar-refractivity contribution is 7.99. The van der Waals surface area contributed by atoms with E-state index in [4.69, 9.17) is 20.8 Å². The molecule has 0 saturated carbocycles. The summed E-state index contributed by atoms with van der Waals surface area (Å²) in [6, 6.07) is 7.25. The van der Waals surface area contributed by atoms with Crippen molar-refractivity contribution in [3.8, 4) is 5.75 Å². The Balaban J connectivity index is 1.69. The molecule has 3 rings (SSSR count). The number of hydrogen-bond donors (Lipinski definition) is 0. The minimum atomic E-state index is -2.81. The van der Waals surface area contributed by atoms with E-state index < -0.39 is 18.1 Å². The van der Waals surface area contributed by atoms with Crippen molar-refractivity contribution in [2.24, 2.45) is 5.10 Å². The van der Waals surface area contributed by atoms with E-state index in [1.54, 1.807) is 12.1 Å². The van der Waals surface area contributed by atoms with Crippen LogP contribution in [0.4, 0.5) is 13.2 Å². The molecule has 0 unspecified atom stereocenters. The zero-order valence-corrected chi connectivity index (χ0v) is 16.1. The molecule has 0 bridgehead atoms. The molecule has 0 atom stereocenters. The molecular weight excluding hydrogens is 417 g/mol. The maximum atomic E-state index is 13.1. The minimum Gasteiger partial charge on any atom is -0.486 e. The van der Waals surface area contributed by atoms with E-state index in [-0.39, 0.29) is 16.8 Å². The lowest BCUT2D eigenvalue weighted by molar-refractivity contribution is 0.135. The highest BCUT2D eigenvalue weighted by Crippen LogP contribution is 2.24. The van der Waals surface area contributed by atoms with Crippen molar-refractivity contribution < 1.29 is 22.3 Å². The summed E-state index contributed by atoms with van der Waals surface area (Å²) in [4.78, 5) is 0. The second kappa shape index (κ2) is 9.16. The molecule has 2 aromatic heterocycles. The smallest absolute Gasteiger partial charge is 0.299 e. The van der Waals surface area contributed by atoms with Crippen LogP contribution >= 0.6 is 23.4 Å². The molecule has 0 saturated heterocycles. The summed E-state index contributed by atoms with van der Waals surface area (Å²) in [6.07, 6.45) is -1.52. The van der Waals surface area contributed by atoms with Crippen LogP contribution in [0.25, 0.3) is 0 Å². The molecule has 0 spiro atoms. The van der Waals surface area contributed by atoms with Crippen molar-refractivity contribution in [1.82, 2.24) is 14.9 Å². The van der Waals surface area contributed by atoms with Crippen LogP contribution < -0.4 is 4.74 Å². The zero-order chi connectivity index (χ0) is 20.1. The number of nitrogens with zero attached hydrogens (tertiary/aromatic N) is 4. The lowest BCUT2D eigenvalue weighted by Crippen LogP contribution is -2.00. The number of furan rings is 1. The molecule has 0 fully saturated rings. The molecule has 2 heterocycles. The van der Waals surface area contributed by atoms with E-state index in [1.807, 2.05) is 6.92 Å². The third-order valence-electron chi connectivity index (χ3n) is 3.36. The van der Waals surface area contributed by atoms with E-state index in [9.17, 15) is 13.2 Å². The molecule has 0 aliphatic rings. The summed E-state index contributed by atoms with van der Waals surface area (Å²) >= 11 is 6.94. The predicted octanol–water partition coefficient (Wildman–Crippen LogP) is 5.17. The van der Waals surface area contributed by atoms with Crippen molar-refractivity contribution in [1.29, 1.82) is 0 Å². The van der Waals surface area contributed by atoms with Crippen LogP contribution in [0.5, 0.6) is 5.75 Å². The average molecular weight is 431 g/mol. The Morgan fingerprint density at radius 3 is 2.86 bits per heavy atom. The summed E-state index contributed by atoms with van der Waals surface area (Å²) in [6.45, 7) is 1.93. The second-order valence-corrected chi connectivity index (χ2v) is 6.94. The van der Waals surface area contributed by atoms with Gasteiger partial charge in [0.1, 0.15) is 29.7 Å². The van der Waals surface area contributed by atoms with E-state index in [1.165, 1.54) is 36.2 Å². The Hall–Kier alpha value is -2.46. The maximum absolute atomic E-state index is 13.1. The van der Waals surface area contributed by atoms with Crippen molar-refractivity contribution in [3.05, 3.63) is 58.5 Å². The number of thioether (sulfide) groups is 1. The van der Waals surface area contributed by atoms with Crippen molar-refractivity contribution in [2.75, 3.05) is 5.75 Å². The van der Waals surface area contributed by atoms with Gasteiger partial charge in [-0.3, -0.25) is 0 Å². The number of alkyl halides is 2. The van der Waals surface area contributed by atoms with Crippen LogP contribution in [0.2, 0.25) is 5.02 Å². The number of benzene rings is 1. The molecule has 0 radical (unpaired) electrons. The van der Waals surface area contributed by atoms with Gasteiger partial charge in [-0.05, 0) is 30.0 Å². The Morgan fingerprint density at radius 1 is 1.32 bits per heavy atom. The Morgan fingerprint density at radius 2 is 2.14 bits per heavy atom. The minimum absolute atomic E-state index is 0.0469. The van der Waals surface area contributed by atoms with Gasteiger partial charge in [0.15, 0.2) is 0 Å². The fourth-order valence-corrected chi connectivity index (χ4v) is 2.91. The molecule has 0 aliphatic heterocycles. The standard InChI is InChI=1S/C17H14ClF3N4O2S/c1-2-28-17-24-23-16(15(20)21)25(17)22-8-11-3-4-12(27-11)9-26-10-5-6-14(19)13(18)7-10/h3-8,15H,2,9H2,1H3. The first kappa shape index (κ1) is 20.3. The predicted molar refractivity (Wildman–Crippen MR) is 98.8 cm³/mol. The van der Waals surface area contributed by atoms with Gasteiger partial charge in [-0.25, -0.2) is 13.2 Å². The fraction of sp³-hybridized carbons (Fsp3) is 0.235. The van der Waals surface area contributed by atoms with Gasteiger partial charge in [0.25, 0.3) is 6.43 Å². The molecule has 148 valence electrons. The molecule has 1 aromatic carbocycles. The van der Waals surface area contributed by atoms with Gasteiger partial charge >= 0.3 is 0 Å². The van der Waals surface area contributed by atoms with Gasteiger partial charge in [0, 0.05) is 6.07 Å². The third-order valence-corrected chi connectivity index (χ3v) is 4.45. The highest BCUT2D eigenvalue weighted by Gasteiger charge is 2.20. The van der Waals surface area contributed by atoms with Crippen molar-refractivity contribution in [2.45, 2.75) is 25.1 Å².